The van der Waals surface area contributed by atoms with Gasteiger partial charge in [0, 0.05) is 88.4 Å². The maximum atomic E-state index is 16.6. The number of hydrogen-bond donors (Lipinski definition) is 3. The highest BCUT2D eigenvalue weighted by Crippen LogP contribution is 2.43. The summed E-state index contributed by atoms with van der Waals surface area (Å²) in [5, 5.41) is 22.6. The Morgan fingerprint density at radius 3 is 2.56 bits per heavy atom. The van der Waals surface area contributed by atoms with Gasteiger partial charge in [-0.2, -0.15) is 0 Å². The van der Waals surface area contributed by atoms with E-state index in [1.807, 2.05) is 43.3 Å². The van der Waals surface area contributed by atoms with Crippen molar-refractivity contribution < 1.29 is 26.2 Å². The van der Waals surface area contributed by atoms with Crippen molar-refractivity contribution in [2.45, 2.75) is 75.6 Å². The Morgan fingerprint density at radius 2 is 1.81 bits per heavy atom. The van der Waals surface area contributed by atoms with Crippen LogP contribution in [0.4, 0.5) is 26.0 Å². The van der Waals surface area contributed by atoms with Crippen LogP contribution in [0.1, 0.15) is 92.8 Å². The van der Waals surface area contributed by atoms with Crippen LogP contribution in [0.15, 0.2) is 79.1 Å². The van der Waals surface area contributed by atoms with Crippen molar-refractivity contribution in [1.29, 1.82) is 0 Å². The van der Waals surface area contributed by atoms with Gasteiger partial charge in [-0.05, 0) is 111 Å². The van der Waals surface area contributed by atoms with E-state index in [0.29, 0.717) is 78.9 Å². The number of halogens is 2. The van der Waals surface area contributed by atoms with Crippen molar-refractivity contribution in [1.82, 2.24) is 29.9 Å². The first-order valence-electron chi connectivity index (χ1n) is 23.6. The lowest BCUT2D eigenvalue weighted by Gasteiger charge is -2.41. The number of alkyl halides is 1. The van der Waals surface area contributed by atoms with Gasteiger partial charge < -0.3 is 39.7 Å². The van der Waals surface area contributed by atoms with Crippen LogP contribution in [0.25, 0.3) is 22.2 Å². The van der Waals surface area contributed by atoms with Gasteiger partial charge in [0.15, 0.2) is 11.6 Å². The van der Waals surface area contributed by atoms with Crippen LogP contribution in [0.5, 0.6) is 5.75 Å². The quantitative estimate of drug-likeness (QED) is 0.135. The van der Waals surface area contributed by atoms with Gasteiger partial charge in [-0.15, -0.1) is 10.2 Å². The first kappa shape index (κ1) is 39.1. The lowest BCUT2D eigenvalue weighted by atomic mass is 9.87. The number of phenolic OH excluding ortho intramolecular Hbond substituents is 1. The molecule has 5 aliphatic rings. The Bertz CT molecular complexity index is 2610. The molecule has 5 aromatic rings. The molecule has 3 aromatic carbocycles. The summed E-state index contributed by atoms with van der Waals surface area (Å²) < 4.78 is 57.8. The van der Waals surface area contributed by atoms with Gasteiger partial charge in [0.05, 0.1) is 37.2 Å². The fraction of sp³-hybridized carbons (Fsp3) is 0.449. The molecule has 330 valence electrons. The minimum Gasteiger partial charge on any atom is -0.507 e. The number of morpholine rings is 1. The summed E-state index contributed by atoms with van der Waals surface area (Å²) in [5.74, 6) is 0.185. The molecule has 3 saturated heterocycles. The summed E-state index contributed by atoms with van der Waals surface area (Å²) >= 11 is 0. The largest absolute Gasteiger partial charge is 0.507 e. The fourth-order valence-electron chi connectivity index (χ4n) is 10.3. The smallest absolute Gasteiger partial charge is 0.253 e. The second kappa shape index (κ2) is 17.2. The number of phenols is 1. The van der Waals surface area contributed by atoms with E-state index in [1.54, 1.807) is 46.3 Å². The Labute approximate surface area is 370 Å². The Kier molecular flexibility index (Phi) is 10.7. The molecule has 4 N–H and O–H groups in total. The average Bonchev–Trinajstić information content (AvgIpc) is 3.66. The van der Waals surface area contributed by atoms with Crippen molar-refractivity contribution in [3.8, 4) is 17.0 Å². The van der Waals surface area contributed by atoms with Crippen molar-refractivity contribution >= 4 is 34.0 Å². The van der Waals surface area contributed by atoms with Crippen molar-refractivity contribution in [2.24, 2.45) is 0 Å². The lowest BCUT2D eigenvalue weighted by Crippen LogP contribution is -2.51. The molecule has 1 amide bonds. The van der Waals surface area contributed by atoms with Crippen LogP contribution in [0.2, 0.25) is 0 Å². The van der Waals surface area contributed by atoms with Gasteiger partial charge in [0.1, 0.15) is 17.5 Å². The van der Waals surface area contributed by atoms with E-state index < -0.39 is 18.8 Å². The van der Waals surface area contributed by atoms with Crippen LogP contribution in [0, 0.1) is 12.7 Å². The van der Waals surface area contributed by atoms with Crippen molar-refractivity contribution in [3.05, 3.63) is 107 Å². The first-order chi connectivity index (χ1) is 31.4. The normalized spacial score (nSPS) is 24.0. The summed E-state index contributed by atoms with van der Waals surface area (Å²) in [7, 11) is 0. The molecule has 4 aliphatic heterocycles. The van der Waals surface area contributed by atoms with Gasteiger partial charge in [-0.3, -0.25) is 10.1 Å². The standard InChI is InChI=1S/C49H57F2N9O3/c1-32-26-34(10-11-36(32)44-29-58(24-25-63-44)42-27-40(54-55-47(42)52)38-8-2-3-9-43(38)61)48(62)57-22-16-49(51,17-23-57)30-56-20-14-33(15-21-56)39-28-60(35-6-4-7-35)46-37(39)12-13-41(45(46)50)59-19-5-18-53-31-59/h2-3,5,8-13,19,26-28,33,35,44,53,61H,4,6-7,14-18,20-25,29-31H2,1H3,(H2,52,55)/i18D,31D/t18?,31-,44?/m0/s1. The summed E-state index contributed by atoms with van der Waals surface area (Å²) in [5.41, 5.74) is 11.3. The Hall–Kier alpha value is -5.57. The molecule has 12 nitrogen and oxygen atoms in total. The van der Waals surface area contributed by atoms with E-state index in [9.17, 15) is 9.90 Å². The van der Waals surface area contributed by atoms with Crippen molar-refractivity contribution in [3.63, 3.8) is 0 Å². The number of rotatable bonds is 9. The molecule has 1 aliphatic carbocycles. The Balaban J connectivity index is 0.749. The predicted molar refractivity (Wildman–Crippen MR) is 242 cm³/mol. The summed E-state index contributed by atoms with van der Waals surface area (Å²) in [6.07, 6.45) is 10.5. The highest BCUT2D eigenvalue weighted by Gasteiger charge is 2.39. The molecule has 0 bridgehead atoms. The molecule has 0 spiro atoms. The number of benzene rings is 3. The molecule has 1 saturated carbocycles. The third kappa shape index (κ3) is 8.13. The number of fused-ring (bicyclic) bond motifs is 1. The van der Waals surface area contributed by atoms with E-state index in [2.05, 4.69) is 36.1 Å². The number of carbonyl (C=O) groups excluding carboxylic acids is 1. The molecule has 3 atom stereocenters. The topological polar surface area (TPSA) is 128 Å². The number of likely N-dealkylation sites (tertiary alicyclic amines) is 2. The molecular formula is C49H57F2N9O3. The maximum Gasteiger partial charge on any atom is 0.253 e. The first-order valence-corrected chi connectivity index (χ1v) is 22.4. The zero-order chi connectivity index (χ0) is 45.0. The number of nitrogen functional groups attached to an aromatic ring is 1. The van der Waals surface area contributed by atoms with Crippen LogP contribution in [-0.2, 0) is 4.74 Å². The number of nitrogens with one attached hydrogen (secondary N) is 1. The zero-order valence-corrected chi connectivity index (χ0v) is 35.7. The molecule has 2 unspecified atom stereocenters. The SMILES string of the molecule is [2H]C1C=CN(c2ccc3c(C4CCN(CC5(F)CCN(C(=O)c6ccc(C7CN(c8cc(-c9ccccc9O)nnc8N)CCO7)c(C)c6)CC5)CC4)cn(C4CCC4)c3c2F)[C@@H]([2H])N1. The number of hydrogen-bond acceptors (Lipinski definition) is 10. The number of aromatic hydroxyl groups is 1. The molecule has 0 radical (unpaired) electrons. The number of nitrogens with two attached hydrogens (primary N) is 1. The van der Waals surface area contributed by atoms with Crippen LogP contribution < -0.4 is 20.9 Å². The number of piperidine rings is 2. The average molecular weight is 860 g/mol. The highest BCUT2D eigenvalue weighted by atomic mass is 19.1. The van der Waals surface area contributed by atoms with Crippen LogP contribution >= 0.6 is 0 Å². The maximum absolute atomic E-state index is 16.6. The van der Waals surface area contributed by atoms with Gasteiger partial charge >= 0.3 is 0 Å². The number of nitrogens with zero attached hydrogens (tertiary/aromatic N) is 7. The number of aromatic nitrogens is 3. The van der Waals surface area contributed by atoms with E-state index in [0.717, 1.165) is 67.3 Å². The molecule has 4 fully saturated rings. The second-order valence-corrected chi connectivity index (χ2v) is 18.0. The number of anilines is 3. The Morgan fingerprint density at radius 1 is 1.00 bits per heavy atom. The highest BCUT2D eigenvalue weighted by molar-refractivity contribution is 5.94. The van der Waals surface area contributed by atoms with E-state index in [-0.39, 0.29) is 48.4 Å². The minimum atomic E-state index is -1.39. The number of carbonyl (C=O) groups is 1. The molecule has 14 heteroatoms. The van der Waals surface area contributed by atoms with E-state index >= 15 is 8.78 Å². The number of ether oxygens (including phenoxy) is 1. The molecule has 63 heavy (non-hydrogen) atoms. The van der Waals surface area contributed by atoms with Gasteiger partial charge in [-0.25, -0.2) is 8.78 Å². The molecular weight excluding hydrogens is 801 g/mol. The monoisotopic (exact) mass is 859 g/mol. The summed E-state index contributed by atoms with van der Waals surface area (Å²) in [6, 6.07) is 18.5. The van der Waals surface area contributed by atoms with Gasteiger partial charge in [-0.1, -0.05) is 30.3 Å². The second-order valence-electron chi connectivity index (χ2n) is 18.0. The van der Waals surface area contributed by atoms with Crippen LogP contribution in [0.3, 0.4) is 0 Å². The third-order valence-electron chi connectivity index (χ3n) is 14.1. The number of para-hydroxylation sites is 1. The fourth-order valence-corrected chi connectivity index (χ4v) is 10.3. The third-order valence-corrected chi connectivity index (χ3v) is 14.1. The zero-order valence-electron chi connectivity index (χ0n) is 37.7. The summed E-state index contributed by atoms with van der Waals surface area (Å²) in [6.45, 7) is 4.41. The van der Waals surface area contributed by atoms with Crippen LogP contribution in [-0.4, -0.2) is 107 Å². The summed E-state index contributed by atoms with van der Waals surface area (Å²) in [4.78, 5) is 21.5. The molecule has 2 aromatic heterocycles. The number of amides is 1. The predicted octanol–water partition coefficient (Wildman–Crippen LogP) is 7.84. The van der Waals surface area contributed by atoms with Crippen molar-refractivity contribution in [2.75, 3.05) is 81.1 Å². The lowest BCUT2D eigenvalue weighted by molar-refractivity contribution is 0.0176. The molecule has 6 heterocycles. The van der Waals surface area contributed by atoms with Gasteiger partial charge in [0.2, 0.25) is 0 Å². The minimum absolute atomic E-state index is 0.101. The number of aryl methyl sites for hydroxylation is 1. The van der Waals surface area contributed by atoms with Gasteiger partial charge in [0.25, 0.3) is 5.91 Å². The van der Waals surface area contributed by atoms with E-state index in [4.69, 9.17) is 13.2 Å². The molecule has 10 rings (SSSR count). The van der Waals surface area contributed by atoms with E-state index in [1.165, 1.54) is 0 Å².